The van der Waals surface area contributed by atoms with Crippen LogP contribution in [-0.2, 0) is 9.53 Å². The lowest BCUT2D eigenvalue weighted by atomic mass is 9.92. The maximum absolute atomic E-state index is 11.9. The Morgan fingerprint density at radius 2 is 1.81 bits per heavy atom. The number of carboxylic acid groups (broad SMARTS) is 1. The molecule has 1 aromatic heterocycles. The lowest BCUT2D eigenvalue weighted by Gasteiger charge is -2.26. The first-order valence-electron chi connectivity index (χ1n) is 10.1. The largest absolute Gasteiger partial charge is 0.479 e. The number of hydrogen-bond donors (Lipinski definition) is 1. The van der Waals surface area contributed by atoms with Crippen molar-refractivity contribution in [2.24, 2.45) is 0 Å². The smallest absolute Gasteiger partial charge is 0.337 e. The van der Waals surface area contributed by atoms with Gasteiger partial charge in [0.05, 0.1) is 20.8 Å². The number of thiazole rings is 1. The molecule has 1 aromatic carbocycles. The maximum atomic E-state index is 11.9. The molecule has 0 aliphatic heterocycles. The second-order valence-corrected chi connectivity index (χ2v) is 9.78. The average molecular weight is 390 g/mol. The van der Waals surface area contributed by atoms with Crippen molar-refractivity contribution in [2.75, 3.05) is 0 Å². The summed E-state index contributed by atoms with van der Waals surface area (Å²) in [6, 6.07) is 4.01. The highest BCUT2D eigenvalue weighted by atomic mass is 32.1. The molecule has 0 saturated heterocycles. The number of aromatic nitrogens is 1. The van der Waals surface area contributed by atoms with Crippen LogP contribution in [-0.4, -0.2) is 21.7 Å². The molecule has 148 valence electrons. The number of ether oxygens (including phenoxy) is 1. The fraction of sp³-hybridized carbons (Fsp3) is 0.636. The Bertz CT molecular complexity index is 798. The maximum Gasteiger partial charge on any atom is 0.337 e. The fourth-order valence-corrected chi connectivity index (χ4v) is 5.04. The van der Waals surface area contributed by atoms with Crippen LogP contribution in [0.25, 0.3) is 10.2 Å². The number of carboxylic acids is 1. The molecule has 1 heterocycles. The molecule has 1 N–H and O–H groups in total. The minimum absolute atomic E-state index is 0.526. The number of rotatable bonds is 4. The third-order valence-electron chi connectivity index (χ3n) is 5.23. The molecule has 1 aliphatic carbocycles. The average Bonchev–Trinajstić information content (AvgIpc) is 2.93. The molecule has 1 unspecified atom stereocenters. The Morgan fingerprint density at radius 1 is 1.19 bits per heavy atom. The van der Waals surface area contributed by atoms with E-state index in [1.807, 2.05) is 39.8 Å². The van der Waals surface area contributed by atoms with E-state index in [0.29, 0.717) is 5.92 Å². The lowest BCUT2D eigenvalue weighted by molar-refractivity contribution is -0.160. The Labute approximate surface area is 166 Å². The van der Waals surface area contributed by atoms with E-state index in [4.69, 9.17) is 9.72 Å². The summed E-state index contributed by atoms with van der Waals surface area (Å²) in [5.74, 6) is -0.398. The van der Waals surface area contributed by atoms with E-state index in [9.17, 15) is 9.90 Å². The van der Waals surface area contributed by atoms with E-state index in [2.05, 4.69) is 0 Å². The fourth-order valence-electron chi connectivity index (χ4n) is 3.87. The van der Waals surface area contributed by atoms with Crippen molar-refractivity contribution in [3.8, 4) is 0 Å². The SMILES string of the molecule is Cc1cc2nc(C3CCCCCCC3)sc2cc1C(OC(C)(C)C)C(=O)O. The molecule has 0 bridgehead atoms. The highest BCUT2D eigenvalue weighted by Crippen LogP contribution is 2.38. The standard InChI is InChI=1S/C22H31NO3S/c1-14-12-17-18(13-16(14)19(21(24)25)26-22(2,3)4)27-20(23-17)15-10-8-6-5-7-9-11-15/h12-13,15,19H,5-11H2,1-4H3,(H,24,25). The van der Waals surface area contributed by atoms with E-state index in [1.54, 1.807) is 11.3 Å². The summed E-state index contributed by atoms with van der Waals surface area (Å²) in [6.07, 6.45) is 8.06. The summed E-state index contributed by atoms with van der Waals surface area (Å²) in [5.41, 5.74) is 2.12. The van der Waals surface area contributed by atoms with Crippen LogP contribution in [0.1, 0.15) is 93.9 Å². The molecular weight excluding hydrogens is 358 g/mol. The predicted octanol–water partition coefficient (Wildman–Crippen LogP) is 6.37. The molecule has 1 fully saturated rings. The van der Waals surface area contributed by atoms with Gasteiger partial charge in [0.25, 0.3) is 0 Å². The molecule has 0 spiro atoms. The summed E-state index contributed by atoms with van der Waals surface area (Å²) in [6.45, 7) is 7.61. The summed E-state index contributed by atoms with van der Waals surface area (Å²) in [7, 11) is 0. The van der Waals surface area contributed by atoms with Crippen LogP contribution in [0.4, 0.5) is 0 Å². The van der Waals surface area contributed by atoms with Crippen molar-refractivity contribution in [3.63, 3.8) is 0 Å². The molecular formula is C22H31NO3S. The molecule has 2 aromatic rings. The summed E-state index contributed by atoms with van der Waals surface area (Å²) < 4.78 is 6.92. The second-order valence-electron chi connectivity index (χ2n) is 8.72. The van der Waals surface area contributed by atoms with Gasteiger partial charge in [-0.15, -0.1) is 11.3 Å². The first-order valence-corrected chi connectivity index (χ1v) is 10.9. The van der Waals surface area contributed by atoms with Crippen LogP contribution in [0.15, 0.2) is 12.1 Å². The van der Waals surface area contributed by atoms with Crippen LogP contribution < -0.4 is 0 Å². The monoisotopic (exact) mass is 389 g/mol. The molecule has 27 heavy (non-hydrogen) atoms. The van der Waals surface area contributed by atoms with E-state index in [0.717, 1.165) is 21.3 Å². The summed E-state index contributed by atoms with van der Waals surface area (Å²) in [5, 5.41) is 10.9. The zero-order valence-corrected chi connectivity index (χ0v) is 17.7. The van der Waals surface area contributed by atoms with Crippen molar-refractivity contribution in [3.05, 3.63) is 28.3 Å². The molecule has 4 nitrogen and oxygen atoms in total. The molecule has 0 radical (unpaired) electrons. The zero-order valence-electron chi connectivity index (χ0n) is 16.9. The minimum Gasteiger partial charge on any atom is -0.479 e. The van der Waals surface area contributed by atoms with E-state index >= 15 is 0 Å². The van der Waals surface area contributed by atoms with Gasteiger partial charge in [-0.1, -0.05) is 32.1 Å². The van der Waals surface area contributed by atoms with Gasteiger partial charge in [0.2, 0.25) is 0 Å². The van der Waals surface area contributed by atoms with Gasteiger partial charge in [-0.2, -0.15) is 0 Å². The van der Waals surface area contributed by atoms with Crippen molar-refractivity contribution in [1.82, 2.24) is 4.98 Å². The Kier molecular flexibility index (Phi) is 6.21. The Balaban J connectivity index is 1.94. The topological polar surface area (TPSA) is 59.4 Å². The van der Waals surface area contributed by atoms with Crippen LogP contribution in [0.2, 0.25) is 0 Å². The van der Waals surface area contributed by atoms with Gasteiger partial charge in [0, 0.05) is 5.92 Å². The normalized spacial score (nSPS) is 18.2. The minimum atomic E-state index is -0.957. The zero-order chi connectivity index (χ0) is 19.6. The van der Waals surface area contributed by atoms with E-state index in [1.165, 1.54) is 50.0 Å². The molecule has 5 heteroatoms. The number of aryl methyl sites for hydroxylation is 1. The highest BCUT2D eigenvalue weighted by molar-refractivity contribution is 7.18. The first kappa shape index (κ1) is 20.3. The van der Waals surface area contributed by atoms with Crippen LogP contribution in [0.5, 0.6) is 0 Å². The summed E-state index contributed by atoms with van der Waals surface area (Å²) in [4.78, 5) is 16.8. The Morgan fingerprint density at radius 3 is 2.41 bits per heavy atom. The number of aliphatic carboxylic acids is 1. The van der Waals surface area contributed by atoms with Gasteiger partial charge in [-0.25, -0.2) is 9.78 Å². The van der Waals surface area contributed by atoms with Gasteiger partial charge in [0.15, 0.2) is 6.10 Å². The number of fused-ring (bicyclic) bond motifs is 1. The lowest BCUT2D eigenvalue weighted by Crippen LogP contribution is -2.27. The van der Waals surface area contributed by atoms with Crippen LogP contribution in [0.3, 0.4) is 0 Å². The van der Waals surface area contributed by atoms with Gasteiger partial charge >= 0.3 is 5.97 Å². The Hall–Kier alpha value is -1.46. The van der Waals surface area contributed by atoms with Crippen LogP contribution in [0, 0.1) is 6.92 Å². The van der Waals surface area contributed by atoms with Gasteiger partial charge in [-0.3, -0.25) is 0 Å². The molecule has 1 atom stereocenters. The van der Waals surface area contributed by atoms with E-state index < -0.39 is 17.7 Å². The third kappa shape index (κ3) is 5.08. The highest BCUT2D eigenvalue weighted by Gasteiger charge is 2.29. The second kappa shape index (κ2) is 8.27. The molecule has 3 rings (SSSR count). The number of carbonyl (C=O) groups is 1. The number of hydrogen-bond acceptors (Lipinski definition) is 4. The van der Waals surface area contributed by atoms with Gasteiger partial charge in [0.1, 0.15) is 0 Å². The van der Waals surface area contributed by atoms with Gasteiger partial charge < -0.3 is 9.84 Å². The van der Waals surface area contributed by atoms with Crippen LogP contribution >= 0.6 is 11.3 Å². The van der Waals surface area contributed by atoms with Crippen molar-refractivity contribution < 1.29 is 14.6 Å². The van der Waals surface area contributed by atoms with Crippen molar-refractivity contribution in [2.45, 2.75) is 90.3 Å². The molecule has 0 amide bonds. The van der Waals surface area contributed by atoms with Crippen molar-refractivity contribution in [1.29, 1.82) is 0 Å². The first-order chi connectivity index (χ1) is 12.7. The number of nitrogens with zero attached hydrogens (tertiary/aromatic N) is 1. The molecule has 1 saturated carbocycles. The summed E-state index contributed by atoms with van der Waals surface area (Å²) >= 11 is 1.73. The molecule has 1 aliphatic rings. The van der Waals surface area contributed by atoms with Gasteiger partial charge in [-0.05, 0) is 63.8 Å². The quantitative estimate of drug-likeness (QED) is 0.659. The van der Waals surface area contributed by atoms with Crippen molar-refractivity contribution >= 4 is 27.5 Å². The predicted molar refractivity (Wildman–Crippen MR) is 111 cm³/mol. The third-order valence-corrected chi connectivity index (χ3v) is 6.41. The number of benzene rings is 1. The van der Waals surface area contributed by atoms with E-state index in [-0.39, 0.29) is 0 Å².